The number of hydrogen-bond acceptors (Lipinski definition) is 5. The summed E-state index contributed by atoms with van der Waals surface area (Å²) < 4.78 is 1.69. The number of aromatic nitrogens is 4. The molecule has 0 unspecified atom stereocenters. The summed E-state index contributed by atoms with van der Waals surface area (Å²) in [6.45, 7) is 5.90. The van der Waals surface area contributed by atoms with Crippen molar-refractivity contribution in [1.82, 2.24) is 19.8 Å². The molecule has 1 amide bonds. The van der Waals surface area contributed by atoms with Crippen molar-refractivity contribution in [3.63, 3.8) is 0 Å². The summed E-state index contributed by atoms with van der Waals surface area (Å²) in [6.07, 6.45) is 0. The number of fused-ring (bicyclic) bond motifs is 1. The Morgan fingerprint density at radius 2 is 1.91 bits per heavy atom. The maximum Gasteiger partial charge on any atom is 0.234 e. The van der Waals surface area contributed by atoms with Gasteiger partial charge in [0.1, 0.15) is 0 Å². The van der Waals surface area contributed by atoms with Gasteiger partial charge >= 0.3 is 0 Å². The van der Waals surface area contributed by atoms with E-state index in [4.69, 9.17) is 0 Å². The van der Waals surface area contributed by atoms with E-state index in [9.17, 15) is 4.79 Å². The number of anilines is 1. The summed E-state index contributed by atoms with van der Waals surface area (Å²) in [5.74, 6) is 0.170. The van der Waals surface area contributed by atoms with Crippen LogP contribution in [-0.4, -0.2) is 31.5 Å². The van der Waals surface area contributed by atoms with E-state index in [0.29, 0.717) is 5.16 Å². The molecule has 6 nitrogen and oxygen atoms in total. The molecule has 7 heteroatoms. The Morgan fingerprint density at radius 3 is 2.65 bits per heavy atom. The third-order valence-electron chi connectivity index (χ3n) is 3.32. The van der Waals surface area contributed by atoms with Crippen LogP contribution in [0.2, 0.25) is 0 Å². The molecule has 0 radical (unpaired) electrons. The van der Waals surface area contributed by atoms with E-state index in [1.54, 1.807) is 4.52 Å². The molecule has 2 aromatic heterocycles. The highest BCUT2D eigenvalue weighted by molar-refractivity contribution is 7.99. The van der Waals surface area contributed by atoms with Gasteiger partial charge in [-0.15, -0.1) is 10.2 Å². The van der Waals surface area contributed by atoms with Crippen molar-refractivity contribution in [3.05, 3.63) is 47.2 Å². The number of carbonyl (C=O) groups is 1. The second-order valence-corrected chi connectivity index (χ2v) is 6.33. The second kappa shape index (κ2) is 6.37. The van der Waals surface area contributed by atoms with Crippen LogP contribution in [0.4, 0.5) is 5.69 Å². The molecule has 0 aliphatic rings. The number of nitrogens with zero attached hydrogens (tertiary/aromatic N) is 4. The zero-order valence-electron chi connectivity index (χ0n) is 13.2. The van der Waals surface area contributed by atoms with Gasteiger partial charge in [0.2, 0.25) is 11.1 Å². The van der Waals surface area contributed by atoms with Crippen LogP contribution in [0.1, 0.15) is 16.8 Å². The Kier molecular flexibility index (Phi) is 4.29. The van der Waals surface area contributed by atoms with Crippen LogP contribution in [0, 0.1) is 20.8 Å². The quantitative estimate of drug-likeness (QED) is 0.746. The normalized spacial score (nSPS) is 10.9. The van der Waals surface area contributed by atoms with Gasteiger partial charge in [-0.25, -0.2) is 0 Å². The first-order valence-corrected chi connectivity index (χ1v) is 8.20. The number of amides is 1. The molecule has 0 aliphatic carbocycles. The Balaban J connectivity index is 1.68. The number of carbonyl (C=O) groups excluding carboxylic acids is 1. The molecule has 1 N–H and O–H groups in total. The van der Waals surface area contributed by atoms with E-state index in [0.717, 1.165) is 28.2 Å². The van der Waals surface area contributed by atoms with Crippen molar-refractivity contribution in [2.45, 2.75) is 25.9 Å². The molecule has 0 atom stereocenters. The lowest BCUT2D eigenvalue weighted by atomic mass is 10.2. The van der Waals surface area contributed by atoms with E-state index < -0.39 is 0 Å². The van der Waals surface area contributed by atoms with Crippen LogP contribution in [-0.2, 0) is 4.79 Å². The van der Waals surface area contributed by atoms with Crippen LogP contribution in [0.15, 0.2) is 35.5 Å². The minimum Gasteiger partial charge on any atom is -0.325 e. The van der Waals surface area contributed by atoms with Crippen LogP contribution in [0.5, 0.6) is 0 Å². The number of nitrogens with one attached hydrogen (secondary N) is 1. The number of rotatable bonds is 4. The number of thioether (sulfide) groups is 1. The Bertz CT molecular complexity index is 857. The predicted octanol–water partition coefficient (Wildman–Crippen LogP) is 2.78. The van der Waals surface area contributed by atoms with Gasteiger partial charge in [-0.3, -0.25) is 4.79 Å². The molecule has 0 bridgehead atoms. The van der Waals surface area contributed by atoms with Crippen LogP contribution in [0.3, 0.4) is 0 Å². The van der Waals surface area contributed by atoms with Gasteiger partial charge in [0.15, 0.2) is 5.65 Å². The summed E-state index contributed by atoms with van der Waals surface area (Å²) in [6, 6.07) is 9.66. The lowest BCUT2D eigenvalue weighted by Gasteiger charge is -2.05. The minimum absolute atomic E-state index is 0.0834. The SMILES string of the molecule is Cc1ccc(NC(=O)CSc2nnc3c(C)cc(C)nn23)cc1. The molecule has 0 aliphatic heterocycles. The van der Waals surface area contributed by atoms with Crippen LogP contribution < -0.4 is 5.32 Å². The van der Waals surface area contributed by atoms with E-state index >= 15 is 0 Å². The Morgan fingerprint density at radius 1 is 1.17 bits per heavy atom. The van der Waals surface area contributed by atoms with E-state index in [-0.39, 0.29) is 11.7 Å². The summed E-state index contributed by atoms with van der Waals surface area (Å²) in [5, 5.41) is 16.1. The van der Waals surface area contributed by atoms with Crippen molar-refractivity contribution < 1.29 is 4.79 Å². The third-order valence-corrected chi connectivity index (χ3v) is 4.23. The maximum atomic E-state index is 12.1. The summed E-state index contributed by atoms with van der Waals surface area (Å²) in [4.78, 5) is 12.1. The fraction of sp³-hybridized carbons (Fsp3) is 0.250. The maximum absolute atomic E-state index is 12.1. The van der Waals surface area contributed by atoms with Gasteiger partial charge in [-0.1, -0.05) is 29.5 Å². The van der Waals surface area contributed by atoms with Gasteiger partial charge in [-0.2, -0.15) is 9.61 Å². The Labute approximate surface area is 138 Å². The molecule has 0 saturated heterocycles. The third kappa shape index (κ3) is 3.50. The van der Waals surface area contributed by atoms with Crippen molar-refractivity contribution in [1.29, 1.82) is 0 Å². The first-order valence-electron chi connectivity index (χ1n) is 7.22. The van der Waals surface area contributed by atoms with Gasteiger partial charge in [0, 0.05) is 5.69 Å². The molecule has 3 rings (SSSR count). The monoisotopic (exact) mass is 327 g/mol. The largest absolute Gasteiger partial charge is 0.325 e. The molecule has 1 aromatic carbocycles. The van der Waals surface area contributed by atoms with Crippen molar-refractivity contribution in [2.24, 2.45) is 0 Å². The molecular weight excluding hydrogens is 310 g/mol. The standard InChI is InChI=1S/C16H17N5OS/c1-10-4-6-13(7-5-10)17-14(22)9-23-16-19-18-15-11(2)8-12(3)20-21(15)16/h4-8H,9H2,1-3H3,(H,17,22). The fourth-order valence-electron chi connectivity index (χ4n) is 2.22. The minimum atomic E-state index is -0.0834. The average Bonchev–Trinajstić information content (AvgIpc) is 2.91. The lowest BCUT2D eigenvalue weighted by Crippen LogP contribution is -2.14. The number of benzene rings is 1. The molecule has 0 spiro atoms. The second-order valence-electron chi connectivity index (χ2n) is 5.39. The first-order chi connectivity index (χ1) is 11.0. The van der Waals surface area contributed by atoms with Crippen LogP contribution >= 0.6 is 11.8 Å². The highest BCUT2D eigenvalue weighted by Crippen LogP contribution is 2.18. The molecule has 2 heterocycles. The molecule has 0 fully saturated rings. The molecule has 23 heavy (non-hydrogen) atoms. The van der Waals surface area contributed by atoms with Crippen molar-refractivity contribution in [2.75, 3.05) is 11.1 Å². The molecule has 3 aromatic rings. The summed E-state index contributed by atoms with van der Waals surface area (Å²) >= 11 is 1.32. The molecule has 0 saturated carbocycles. The lowest BCUT2D eigenvalue weighted by molar-refractivity contribution is -0.113. The summed E-state index contributed by atoms with van der Waals surface area (Å²) in [5.41, 5.74) is 4.57. The summed E-state index contributed by atoms with van der Waals surface area (Å²) in [7, 11) is 0. The smallest absolute Gasteiger partial charge is 0.234 e. The van der Waals surface area contributed by atoms with E-state index in [1.165, 1.54) is 11.8 Å². The molecule has 118 valence electrons. The van der Waals surface area contributed by atoms with Crippen molar-refractivity contribution >= 4 is 29.0 Å². The zero-order valence-corrected chi connectivity index (χ0v) is 14.0. The topological polar surface area (TPSA) is 72.2 Å². The van der Waals surface area contributed by atoms with Gasteiger partial charge in [0.05, 0.1) is 11.4 Å². The van der Waals surface area contributed by atoms with Crippen molar-refractivity contribution in [3.8, 4) is 0 Å². The van der Waals surface area contributed by atoms with Gasteiger partial charge in [-0.05, 0) is 44.5 Å². The van der Waals surface area contributed by atoms with Gasteiger partial charge in [0.25, 0.3) is 0 Å². The molecular formula is C16H17N5OS. The zero-order chi connectivity index (χ0) is 16.4. The number of hydrogen-bond donors (Lipinski definition) is 1. The highest BCUT2D eigenvalue weighted by Gasteiger charge is 2.12. The first kappa shape index (κ1) is 15.5. The highest BCUT2D eigenvalue weighted by atomic mass is 32.2. The van der Waals surface area contributed by atoms with E-state index in [1.807, 2.05) is 51.1 Å². The fourth-order valence-corrected chi connectivity index (χ4v) is 2.90. The average molecular weight is 327 g/mol. The predicted molar refractivity (Wildman–Crippen MR) is 90.8 cm³/mol. The van der Waals surface area contributed by atoms with E-state index in [2.05, 4.69) is 20.6 Å². The number of aryl methyl sites for hydroxylation is 3. The van der Waals surface area contributed by atoms with Gasteiger partial charge < -0.3 is 5.32 Å². The Hall–Kier alpha value is -2.41. The van der Waals surface area contributed by atoms with Crippen LogP contribution in [0.25, 0.3) is 5.65 Å².